The van der Waals surface area contributed by atoms with Crippen molar-refractivity contribution in [2.75, 3.05) is 33.0 Å². The fraction of sp³-hybridized carbons (Fsp3) is 0.571. The van der Waals surface area contributed by atoms with Crippen LogP contribution in [0.2, 0.25) is 0 Å². The molecule has 2 unspecified atom stereocenters. The SMILES string of the molecule is OC(COCC1(O)CCOC1)COc1ccc(Br)cc1. The molecule has 0 aliphatic carbocycles. The third-order valence-electron chi connectivity index (χ3n) is 3.02. The van der Waals surface area contributed by atoms with Gasteiger partial charge in [-0.25, -0.2) is 0 Å². The molecule has 1 aliphatic heterocycles. The van der Waals surface area contributed by atoms with Crippen LogP contribution < -0.4 is 4.74 Å². The van der Waals surface area contributed by atoms with Crippen molar-refractivity contribution in [2.24, 2.45) is 0 Å². The van der Waals surface area contributed by atoms with Crippen LogP contribution in [0.3, 0.4) is 0 Å². The first-order valence-electron chi connectivity index (χ1n) is 6.52. The molecule has 1 saturated heterocycles. The van der Waals surface area contributed by atoms with Gasteiger partial charge in [-0.1, -0.05) is 15.9 Å². The summed E-state index contributed by atoms with van der Waals surface area (Å²) >= 11 is 3.34. The predicted molar refractivity (Wildman–Crippen MR) is 76.8 cm³/mol. The average molecular weight is 347 g/mol. The Hall–Kier alpha value is -0.660. The van der Waals surface area contributed by atoms with E-state index in [-0.39, 0.29) is 19.8 Å². The summed E-state index contributed by atoms with van der Waals surface area (Å²) in [5.41, 5.74) is -0.910. The Morgan fingerprint density at radius 1 is 1.30 bits per heavy atom. The Morgan fingerprint density at radius 2 is 2.05 bits per heavy atom. The van der Waals surface area contributed by atoms with E-state index in [1.807, 2.05) is 24.3 Å². The maximum Gasteiger partial charge on any atom is 0.119 e. The molecule has 0 radical (unpaired) electrons. The number of benzene rings is 1. The first-order chi connectivity index (χ1) is 9.57. The second kappa shape index (κ2) is 7.38. The van der Waals surface area contributed by atoms with Crippen molar-refractivity contribution in [2.45, 2.75) is 18.1 Å². The second-order valence-corrected chi connectivity index (χ2v) is 5.88. The van der Waals surface area contributed by atoms with Crippen LogP contribution in [-0.2, 0) is 9.47 Å². The molecule has 1 fully saturated rings. The van der Waals surface area contributed by atoms with E-state index in [1.165, 1.54) is 0 Å². The molecule has 2 N–H and O–H groups in total. The second-order valence-electron chi connectivity index (χ2n) is 4.96. The van der Waals surface area contributed by atoms with Crippen molar-refractivity contribution in [1.82, 2.24) is 0 Å². The number of ether oxygens (including phenoxy) is 3. The van der Waals surface area contributed by atoms with Crippen LogP contribution in [0, 0.1) is 0 Å². The van der Waals surface area contributed by atoms with Gasteiger partial charge in [0.05, 0.1) is 19.8 Å². The van der Waals surface area contributed by atoms with Gasteiger partial charge in [0.25, 0.3) is 0 Å². The molecule has 2 atom stereocenters. The van der Waals surface area contributed by atoms with Gasteiger partial charge in [0.15, 0.2) is 0 Å². The Morgan fingerprint density at radius 3 is 2.70 bits per heavy atom. The van der Waals surface area contributed by atoms with E-state index in [0.29, 0.717) is 25.4 Å². The van der Waals surface area contributed by atoms with Crippen molar-refractivity contribution >= 4 is 15.9 Å². The van der Waals surface area contributed by atoms with E-state index >= 15 is 0 Å². The number of halogens is 1. The van der Waals surface area contributed by atoms with Gasteiger partial charge >= 0.3 is 0 Å². The predicted octanol–water partition coefficient (Wildman–Crippen LogP) is 1.36. The Labute approximate surface area is 126 Å². The lowest BCUT2D eigenvalue weighted by Crippen LogP contribution is -2.36. The Balaban J connectivity index is 1.62. The standard InChI is InChI=1S/C14H19BrO5/c15-11-1-3-13(4-2-11)20-8-12(16)7-19-10-14(17)5-6-18-9-14/h1-4,12,16-17H,5-10H2. The minimum absolute atomic E-state index is 0.124. The van der Waals surface area contributed by atoms with Crippen molar-refractivity contribution in [3.05, 3.63) is 28.7 Å². The molecule has 1 aliphatic rings. The molecule has 0 saturated carbocycles. The minimum Gasteiger partial charge on any atom is -0.491 e. The van der Waals surface area contributed by atoms with Crippen molar-refractivity contribution in [3.8, 4) is 5.75 Å². The van der Waals surface area contributed by atoms with Crippen LogP contribution in [0.25, 0.3) is 0 Å². The van der Waals surface area contributed by atoms with Gasteiger partial charge in [0.2, 0.25) is 0 Å². The number of aliphatic hydroxyl groups excluding tert-OH is 1. The summed E-state index contributed by atoms with van der Waals surface area (Å²) in [7, 11) is 0. The maximum absolute atomic E-state index is 9.97. The van der Waals surface area contributed by atoms with Gasteiger partial charge in [-0.15, -0.1) is 0 Å². The Kier molecular flexibility index (Phi) is 5.80. The van der Waals surface area contributed by atoms with E-state index in [0.717, 1.165) is 4.47 Å². The first kappa shape index (κ1) is 15.7. The fourth-order valence-electron chi connectivity index (χ4n) is 1.87. The molecular weight excluding hydrogens is 328 g/mol. The summed E-state index contributed by atoms with van der Waals surface area (Å²) in [5.74, 6) is 0.690. The van der Waals surface area contributed by atoms with E-state index in [2.05, 4.69) is 15.9 Å². The van der Waals surface area contributed by atoms with Crippen LogP contribution in [0.5, 0.6) is 5.75 Å². The highest BCUT2D eigenvalue weighted by atomic mass is 79.9. The summed E-state index contributed by atoms with van der Waals surface area (Å²) in [6, 6.07) is 7.37. The summed E-state index contributed by atoms with van der Waals surface area (Å²) in [6.07, 6.45) is -0.164. The van der Waals surface area contributed by atoms with E-state index in [1.54, 1.807) is 0 Å². The minimum atomic E-state index is -0.910. The molecule has 0 amide bonds. The molecule has 1 aromatic carbocycles. The van der Waals surface area contributed by atoms with Crippen molar-refractivity contribution in [3.63, 3.8) is 0 Å². The van der Waals surface area contributed by atoms with Crippen molar-refractivity contribution in [1.29, 1.82) is 0 Å². The van der Waals surface area contributed by atoms with Gasteiger partial charge in [0.1, 0.15) is 24.1 Å². The van der Waals surface area contributed by atoms with Crippen LogP contribution in [0.15, 0.2) is 28.7 Å². The van der Waals surface area contributed by atoms with E-state index in [9.17, 15) is 10.2 Å². The van der Waals surface area contributed by atoms with Gasteiger partial charge in [-0.3, -0.25) is 0 Å². The zero-order chi connectivity index (χ0) is 14.4. The lowest BCUT2D eigenvalue weighted by Gasteiger charge is -2.21. The summed E-state index contributed by atoms with van der Waals surface area (Å²) in [6.45, 7) is 1.28. The molecule has 20 heavy (non-hydrogen) atoms. The fourth-order valence-corrected chi connectivity index (χ4v) is 2.13. The zero-order valence-electron chi connectivity index (χ0n) is 11.1. The summed E-state index contributed by atoms with van der Waals surface area (Å²) in [5, 5.41) is 19.7. The molecule has 1 heterocycles. The normalized spacial score (nSPS) is 23.8. The molecule has 6 heteroatoms. The topological polar surface area (TPSA) is 68.2 Å². The lowest BCUT2D eigenvalue weighted by atomic mass is 10.1. The highest BCUT2D eigenvalue weighted by Gasteiger charge is 2.32. The van der Waals surface area contributed by atoms with E-state index < -0.39 is 11.7 Å². The third kappa shape index (κ3) is 5.03. The highest BCUT2D eigenvalue weighted by molar-refractivity contribution is 9.10. The van der Waals surface area contributed by atoms with Crippen LogP contribution in [-0.4, -0.2) is 55.0 Å². The Bertz CT molecular complexity index is 403. The number of rotatable bonds is 7. The molecule has 1 aromatic rings. The smallest absolute Gasteiger partial charge is 0.119 e. The molecule has 5 nitrogen and oxygen atoms in total. The number of hydrogen-bond donors (Lipinski definition) is 2. The first-order valence-corrected chi connectivity index (χ1v) is 7.31. The summed E-state index contributed by atoms with van der Waals surface area (Å²) in [4.78, 5) is 0. The summed E-state index contributed by atoms with van der Waals surface area (Å²) < 4.78 is 16.8. The van der Waals surface area contributed by atoms with Crippen LogP contribution in [0.4, 0.5) is 0 Å². The monoisotopic (exact) mass is 346 g/mol. The van der Waals surface area contributed by atoms with Crippen LogP contribution in [0.1, 0.15) is 6.42 Å². The zero-order valence-corrected chi connectivity index (χ0v) is 12.7. The lowest BCUT2D eigenvalue weighted by molar-refractivity contribution is -0.0717. The van der Waals surface area contributed by atoms with Gasteiger partial charge in [0, 0.05) is 17.5 Å². The van der Waals surface area contributed by atoms with E-state index in [4.69, 9.17) is 14.2 Å². The highest BCUT2D eigenvalue weighted by Crippen LogP contribution is 2.19. The molecular formula is C14H19BrO5. The van der Waals surface area contributed by atoms with Crippen LogP contribution >= 0.6 is 15.9 Å². The number of hydrogen-bond acceptors (Lipinski definition) is 5. The quantitative estimate of drug-likeness (QED) is 0.780. The third-order valence-corrected chi connectivity index (χ3v) is 3.55. The molecule has 0 bridgehead atoms. The molecule has 2 rings (SSSR count). The van der Waals surface area contributed by atoms with Gasteiger partial charge in [-0.05, 0) is 24.3 Å². The van der Waals surface area contributed by atoms with Crippen molar-refractivity contribution < 1.29 is 24.4 Å². The average Bonchev–Trinajstić information content (AvgIpc) is 2.85. The maximum atomic E-state index is 9.97. The van der Waals surface area contributed by atoms with Gasteiger partial charge < -0.3 is 24.4 Å². The largest absolute Gasteiger partial charge is 0.491 e. The molecule has 112 valence electrons. The van der Waals surface area contributed by atoms with Gasteiger partial charge in [-0.2, -0.15) is 0 Å². The molecule has 0 spiro atoms. The number of aliphatic hydroxyl groups is 2. The molecule has 0 aromatic heterocycles.